The summed E-state index contributed by atoms with van der Waals surface area (Å²) >= 11 is 0. The van der Waals surface area contributed by atoms with Gasteiger partial charge in [-0.3, -0.25) is 4.79 Å². The van der Waals surface area contributed by atoms with Gasteiger partial charge >= 0.3 is 0 Å². The van der Waals surface area contributed by atoms with E-state index in [9.17, 15) is 4.79 Å². The van der Waals surface area contributed by atoms with Crippen LogP contribution in [0.2, 0.25) is 0 Å². The maximum atomic E-state index is 12.6. The normalized spacial score (nSPS) is 16.3. The van der Waals surface area contributed by atoms with Gasteiger partial charge in [-0.25, -0.2) is 4.68 Å². The topological polar surface area (TPSA) is 89.9 Å². The molecule has 1 aliphatic rings. The highest BCUT2D eigenvalue weighted by molar-refractivity contribution is 5.94. The number of carbonyl (C=O) groups is 1. The van der Waals surface area contributed by atoms with Crippen molar-refractivity contribution in [3.63, 3.8) is 0 Å². The van der Waals surface area contributed by atoms with Crippen LogP contribution in [0.1, 0.15) is 22.8 Å². The third-order valence-corrected chi connectivity index (χ3v) is 5.03. The molecule has 0 bridgehead atoms. The van der Waals surface area contributed by atoms with Gasteiger partial charge in [0.1, 0.15) is 0 Å². The van der Waals surface area contributed by atoms with Crippen molar-refractivity contribution >= 4 is 5.91 Å². The Labute approximate surface area is 166 Å². The second-order valence-corrected chi connectivity index (χ2v) is 6.93. The van der Waals surface area contributed by atoms with E-state index in [1.54, 1.807) is 10.9 Å². The molecule has 0 radical (unpaired) electrons. The van der Waals surface area contributed by atoms with Crippen LogP contribution in [-0.4, -0.2) is 49.0 Å². The Hall–Kier alpha value is -3.81. The zero-order valence-corrected chi connectivity index (χ0v) is 15.5. The second-order valence-electron chi connectivity index (χ2n) is 6.93. The van der Waals surface area contributed by atoms with Gasteiger partial charge in [-0.15, -0.1) is 5.10 Å². The summed E-state index contributed by atoms with van der Waals surface area (Å²) in [5.41, 5.74) is 2.10. The zero-order valence-electron chi connectivity index (χ0n) is 15.5. The summed E-state index contributed by atoms with van der Waals surface area (Å²) in [6.07, 6.45) is 2.61. The number of likely N-dealkylation sites (tertiary alicyclic amines) is 1. The molecule has 4 aromatic rings. The van der Waals surface area contributed by atoms with Gasteiger partial charge in [0, 0.05) is 24.2 Å². The van der Waals surface area contributed by atoms with Gasteiger partial charge in [0.05, 0.1) is 12.2 Å². The fourth-order valence-electron chi connectivity index (χ4n) is 3.49. The van der Waals surface area contributed by atoms with Gasteiger partial charge in [-0.2, -0.15) is 4.98 Å². The average molecular weight is 386 g/mol. The van der Waals surface area contributed by atoms with Crippen molar-refractivity contribution in [3.8, 4) is 23.0 Å². The number of hydrogen-bond acceptors (Lipinski definition) is 6. The lowest BCUT2D eigenvalue weighted by Gasteiger charge is -2.16. The first kappa shape index (κ1) is 17.3. The minimum absolute atomic E-state index is 0.0397. The number of nitrogens with zero attached hydrogens (tertiary/aromatic N) is 6. The molecular weight excluding hydrogens is 368 g/mol. The molecule has 8 nitrogen and oxygen atoms in total. The Morgan fingerprint density at radius 3 is 2.59 bits per heavy atom. The molecule has 1 atom stereocenters. The highest BCUT2D eigenvalue weighted by Crippen LogP contribution is 2.25. The fraction of sp³-hybridized carbons (Fsp3) is 0.190. The van der Waals surface area contributed by atoms with Crippen molar-refractivity contribution in [2.45, 2.75) is 12.5 Å². The molecule has 5 rings (SSSR count). The largest absolute Gasteiger partial charge is 0.336 e. The predicted molar refractivity (Wildman–Crippen MR) is 105 cm³/mol. The molecule has 2 aromatic heterocycles. The number of benzene rings is 2. The van der Waals surface area contributed by atoms with Crippen molar-refractivity contribution in [1.82, 2.24) is 30.0 Å². The molecule has 1 saturated heterocycles. The van der Waals surface area contributed by atoms with Crippen molar-refractivity contribution in [1.29, 1.82) is 0 Å². The monoisotopic (exact) mass is 386 g/mol. The van der Waals surface area contributed by atoms with Gasteiger partial charge in [0.15, 0.2) is 5.69 Å². The smallest absolute Gasteiger partial charge is 0.280 e. The number of amides is 1. The third-order valence-electron chi connectivity index (χ3n) is 5.03. The molecule has 144 valence electrons. The van der Waals surface area contributed by atoms with E-state index in [-0.39, 0.29) is 11.9 Å². The molecule has 0 aliphatic carbocycles. The van der Waals surface area contributed by atoms with Crippen LogP contribution in [0.5, 0.6) is 0 Å². The highest BCUT2D eigenvalue weighted by Gasteiger charge is 2.29. The lowest BCUT2D eigenvalue weighted by molar-refractivity contribution is 0.0787. The number of aromatic nitrogens is 5. The van der Waals surface area contributed by atoms with Crippen LogP contribution in [0.15, 0.2) is 71.4 Å². The Balaban J connectivity index is 1.30. The second kappa shape index (κ2) is 7.31. The maximum absolute atomic E-state index is 12.6. The predicted octanol–water partition coefficient (Wildman–Crippen LogP) is 3.08. The Bertz CT molecular complexity index is 1120. The summed E-state index contributed by atoms with van der Waals surface area (Å²) in [5.74, 6) is 0.874. The molecular formula is C21H18N6O2. The molecule has 29 heavy (non-hydrogen) atoms. The standard InChI is InChI=1S/C21H18N6O2/c28-21(16-9-5-2-6-10-16)26-12-11-17(13-26)27-14-18(23-25-27)20-22-19(24-29-20)15-7-3-1-4-8-15/h1-10,14,17H,11-13H2. The van der Waals surface area contributed by atoms with E-state index in [1.165, 1.54) is 0 Å². The van der Waals surface area contributed by atoms with E-state index in [2.05, 4.69) is 20.5 Å². The summed E-state index contributed by atoms with van der Waals surface area (Å²) in [5, 5.41) is 12.4. The van der Waals surface area contributed by atoms with Crippen LogP contribution in [0.3, 0.4) is 0 Å². The summed E-state index contributed by atoms with van der Waals surface area (Å²) in [4.78, 5) is 18.9. The van der Waals surface area contributed by atoms with Gasteiger partial charge < -0.3 is 9.42 Å². The van der Waals surface area contributed by atoms with Gasteiger partial charge in [0.25, 0.3) is 11.8 Å². The van der Waals surface area contributed by atoms with Crippen LogP contribution in [0, 0.1) is 0 Å². The molecule has 0 saturated carbocycles. The molecule has 1 amide bonds. The van der Waals surface area contributed by atoms with Crippen LogP contribution >= 0.6 is 0 Å². The molecule has 3 heterocycles. The van der Waals surface area contributed by atoms with Gasteiger partial charge in [-0.1, -0.05) is 58.9 Å². The molecule has 1 unspecified atom stereocenters. The Morgan fingerprint density at radius 1 is 1.03 bits per heavy atom. The van der Waals surface area contributed by atoms with Crippen molar-refractivity contribution in [2.75, 3.05) is 13.1 Å². The minimum Gasteiger partial charge on any atom is -0.336 e. The van der Waals surface area contributed by atoms with E-state index in [1.807, 2.05) is 65.6 Å². The van der Waals surface area contributed by atoms with Gasteiger partial charge in [-0.05, 0) is 18.6 Å². The zero-order chi connectivity index (χ0) is 19.6. The first-order valence-corrected chi connectivity index (χ1v) is 9.43. The van der Waals surface area contributed by atoms with Gasteiger partial charge in [0.2, 0.25) is 5.82 Å². The SMILES string of the molecule is O=C(c1ccccc1)N1CCC(n2cc(-c3nc(-c4ccccc4)no3)nn2)C1. The molecule has 8 heteroatoms. The molecule has 2 aromatic carbocycles. The highest BCUT2D eigenvalue weighted by atomic mass is 16.5. The van der Waals surface area contributed by atoms with Crippen LogP contribution in [0.25, 0.3) is 23.0 Å². The lowest BCUT2D eigenvalue weighted by Crippen LogP contribution is -2.29. The summed E-state index contributed by atoms with van der Waals surface area (Å²) in [7, 11) is 0. The minimum atomic E-state index is 0.0397. The number of carbonyl (C=O) groups excluding carboxylic acids is 1. The first-order valence-electron chi connectivity index (χ1n) is 9.43. The van der Waals surface area contributed by atoms with Crippen molar-refractivity contribution in [3.05, 3.63) is 72.4 Å². The van der Waals surface area contributed by atoms with Crippen molar-refractivity contribution in [2.24, 2.45) is 0 Å². The van der Waals surface area contributed by atoms with E-state index >= 15 is 0 Å². The Kier molecular flexibility index (Phi) is 4.36. The quantitative estimate of drug-likeness (QED) is 0.535. The van der Waals surface area contributed by atoms with E-state index < -0.39 is 0 Å². The molecule has 0 spiro atoms. The van der Waals surface area contributed by atoms with E-state index in [4.69, 9.17) is 4.52 Å². The summed E-state index contributed by atoms with van der Waals surface area (Å²) in [6, 6.07) is 19.0. The number of rotatable bonds is 4. The Morgan fingerprint density at radius 2 is 1.79 bits per heavy atom. The third kappa shape index (κ3) is 3.40. The molecule has 1 fully saturated rings. The van der Waals surface area contributed by atoms with Crippen LogP contribution in [0.4, 0.5) is 0 Å². The van der Waals surface area contributed by atoms with E-state index in [0.29, 0.717) is 36.1 Å². The molecule has 0 N–H and O–H groups in total. The molecule has 1 aliphatic heterocycles. The lowest BCUT2D eigenvalue weighted by atomic mass is 10.2. The average Bonchev–Trinajstić information content (AvgIpc) is 3.54. The van der Waals surface area contributed by atoms with Crippen molar-refractivity contribution < 1.29 is 9.32 Å². The summed E-state index contributed by atoms with van der Waals surface area (Å²) < 4.78 is 7.13. The van der Waals surface area contributed by atoms with Crippen LogP contribution in [-0.2, 0) is 0 Å². The van der Waals surface area contributed by atoms with E-state index in [0.717, 1.165) is 12.0 Å². The fourth-order valence-corrected chi connectivity index (χ4v) is 3.49. The summed E-state index contributed by atoms with van der Waals surface area (Å²) in [6.45, 7) is 1.28. The first-order chi connectivity index (χ1) is 14.3. The maximum Gasteiger partial charge on any atom is 0.280 e. The van der Waals surface area contributed by atoms with Crippen LogP contribution < -0.4 is 0 Å². The number of hydrogen-bond donors (Lipinski definition) is 0.